The van der Waals surface area contributed by atoms with Crippen molar-refractivity contribution in [2.45, 2.75) is 40.0 Å². The molecule has 1 heterocycles. The first-order valence-electron chi connectivity index (χ1n) is 7.45. The lowest BCUT2D eigenvalue weighted by atomic mass is 10.2. The number of aryl methyl sites for hydroxylation is 1. The number of hydrogen-bond donors (Lipinski definition) is 0. The highest BCUT2D eigenvalue weighted by Gasteiger charge is 2.22. The zero-order valence-corrected chi connectivity index (χ0v) is 14.1. The van der Waals surface area contributed by atoms with Crippen molar-refractivity contribution in [2.75, 3.05) is 6.61 Å². The molecule has 0 N–H and O–H groups in total. The molecule has 118 valence electrons. The number of carbonyl (C=O) groups excluding carboxylic acids is 1. The topological polar surface area (TPSA) is 42.4 Å². The van der Waals surface area contributed by atoms with Gasteiger partial charge in [-0.05, 0) is 26.3 Å². The molecule has 4 nitrogen and oxygen atoms in total. The van der Waals surface area contributed by atoms with Gasteiger partial charge in [-0.25, -0.2) is 4.98 Å². The SMILES string of the molecule is CCO[C@@H](C)C(=O)N(Cc1ccccc1)Cc1scnc1C. The van der Waals surface area contributed by atoms with Gasteiger partial charge in [0.15, 0.2) is 0 Å². The molecule has 1 atom stereocenters. The van der Waals surface area contributed by atoms with Crippen LogP contribution in [-0.4, -0.2) is 28.5 Å². The Morgan fingerprint density at radius 1 is 1.32 bits per heavy atom. The lowest BCUT2D eigenvalue weighted by molar-refractivity contribution is -0.143. The number of aromatic nitrogens is 1. The second kappa shape index (κ2) is 8.06. The summed E-state index contributed by atoms with van der Waals surface area (Å²) in [7, 11) is 0. The molecule has 0 saturated carbocycles. The summed E-state index contributed by atoms with van der Waals surface area (Å²) in [5.41, 5.74) is 3.92. The third-order valence-corrected chi connectivity index (χ3v) is 4.39. The molecular weight excluding hydrogens is 296 g/mol. The minimum atomic E-state index is -0.429. The molecule has 1 amide bonds. The molecule has 0 radical (unpaired) electrons. The highest BCUT2D eigenvalue weighted by molar-refractivity contribution is 7.09. The van der Waals surface area contributed by atoms with Crippen LogP contribution in [0.4, 0.5) is 0 Å². The van der Waals surface area contributed by atoms with Crippen LogP contribution in [0.15, 0.2) is 35.8 Å². The highest BCUT2D eigenvalue weighted by atomic mass is 32.1. The lowest BCUT2D eigenvalue weighted by Crippen LogP contribution is -2.38. The number of benzene rings is 1. The van der Waals surface area contributed by atoms with Crippen molar-refractivity contribution in [3.05, 3.63) is 52.0 Å². The van der Waals surface area contributed by atoms with Crippen LogP contribution in [0.1, 0.15) is 30.0 Å². The molecule has 0 spiro atoms. The first kappa shape index (κ1) is 16.6. The summed E-state index contributed by atoms with van der Waals surface area (Å²) in [5.74, 6) is 0.0125. The number of rotatable bonds is 7. The third-order valence-electron chi connectivity index (χ3n) is 3.47. The van der Waals surface area contributed by atoms with E-state index in [1.165, 1.54) is 0 Å². The third kappa shape index (κ3) is 4.39. The summed E-state index contributed by atoms with van der Waals surface area (Å²) < 4.78 is 5.47. The maximum atomic E-state index is 12.7. The van der Waals surface area contributed by atoms with Gasteiger partial charge >= 0.3 is 0 Å². The van der Waals surface area contributed by atoms with Gasteiger partial charge < -0.3 is 9.64 Å². The fourth-order valence-electron chi connectivity index (χ4n) is 2.25. The molecule has 0 aliphatic carbocycles. The van der Waals surface area contributed by atoms with Crippen LogP contribution < -0.4 is 0 Å². The second-order valence-electron chi connectivity index (χ2n) is 5.14. The average molecular weight is 318 g/mol. The first-order valence-corrected chi connectivity index (χ1v) is 8.33. The predicted octanol–water partition coefficient (Wildman–Crippen LogP) is 3.41. The van der Waals surface area contributed by atoms with Crippen molar-refractivity contribution >= 4 is 17.2 Å². The standard InChI is InChI=1S/C17H22N2O2S/c1-4-21-14(3)17(20)19(10-15-8-6-5-7-9-15)11-16-13(2)18-12-22-16/h5-9,12,14H,4,10-11H2,1-3H3/t14-/m0/s1. The molecule has 0 unspecified atom stereocenters. The highest BCUT2D eigenvalue weighted by Crippen LogP contribution is 2.18. The lowest BCUT2D eigenvalue weighted by Gasteiger charge is -2.25. The van der Waals surface area contributed by atoms with E-state index in [-0.39, 0.29) is 5.91 Å². The van der Waals surface area contributed by atoms with Crippen molar-refractivity contribution in [1.29, 1.82) is 0 Å². The van der Waals surface area contributed by atoms with Crippen LogP contribution in [0.3, 0.4) is 0 Å². The Morgan fingerprint density at radius 2 is 2.05 bits per heavy atom. The van der Waals surface area contributed by atoms with E-state index in [0.29, 0.717) is 19.7 Å². The van der Waals surface area contributed by atoms with Gasteiger partial charge in [0.2, 0.25) is 0 Å². The van der Waals surface area contributed by atoms with Crippen LogP contribution in [0.2, 0.25) is 0 Å². The molecule has 0 aliphatic rings. The van der Waals surface area contributed by atoms with Crippen LogP contribution in [-0.2, 0) is 22.6 Å². The molecule has 1 aromatic heterocycles. The Labute approximate surface area is 135 Å². The van der Waals surface area contributed by atoms with E-state index >= 15 is 0 Å². The van der Waals surface area contributed by atoms with E-state index in [9.17, 15) is 4.79 Å². The van der Waals surface area contributed by atoms with Gasteiger partial charge in [0.25, 0.3) is 5.91 Å². The minimum Gasteiger partial charge on any atom is -0.369 e. The van der Waals surface area contributed by atoms with Crippen molar-refractivity contribution in [1.82, 2.24) is 9.88 Å². The summed E-state index contributed by atoms with van der Waals surface area (Å²) in [6.07, 6.45) is -0.429. The average Bonchev–Trinajstić information content (AvgIpc) is 2.92. The smallest absolute Gasteiger partial charge is 0.252 e. The van der Waals surface area contributed by atoms with Gasteiger partial charge in [0.1, 0.15) is 6.10 Å². The number of thiazole rings is 1. The molecule has 0 fully saturated rings. The second-order valence-corrected chi connectivity index (χ2v) is 6.08. The fourth-order valence-corrected chi connectivity index (χ4v) is 3.04. The molecule has 5 heteroatoms. The Morgan fingerprint density at radius 3 is 2.64 bits per heavy atom. The number of ether oxygens (including phenoxy) is 1. The summed E-state index contributed by atoms with van der Waals surface area (Å²) in [6.45, 7) is 7.37. The Kier molecular flexibility index (Phi) is 6.10. The molecule has 22 heavy (non-hydrogen) atoms. The van der Waals surface area contributed by atoms with E-state index < -0.39 is 6.10 Å². The number of hydrogen-bond acceptors (Lipinski definition) is 4. The van der Waals surface area contributed by atoms with Crippen LogP contribution in [0.5, 0.6) is 0 Å². The van der Waals surface area contributed by atoms with Gasteiger partial charge in [-0.1, -0.05) is 30.3 Å². The number of amides is 1. The molecule has 0 saturated heterocycles. The first-order chi connectivity index (χ1) is 10.6. The van der Waals surface area contributed by atoms with Crippen LogP contribution in [0, 0.1) is 6.92 Å². The van der Waals surface area contributed by atoms with E-state index in [0.717, 1.165) is 16.1 Å². The summed E-state index contributed by atoms with van der Waals surface area (Å²) >= 11 is 1.59. The Hall–Kier alpha value is -1.72. The van der Waals surface area contributed by atoms with Gasteiger partial charge in [-0.2, -0.15) is 0 Å². The normalized spacial score (nSPS) is 12.1. The van der Waals surface area contributed by atoms with Crippen molar-refractivity contribution in [2.24, 2.45) is 0 Å². The van der Waals surface area contributed by atoms with E-state index in [1.54, 1.807) is 11.3 Å². The molecule has 1 aromatic carbocycles. The van der Waals surface area contributed by atoms with Crippen LogP contribution in [0.25, 0.3) is 0 Å². The Bertz CT molecular complexity index is 598. The maximum Gasteiger partial charge on any atom is 0.252 e. The van der Waals surface area contributed by atoms with Crippen LogP contribution >= 0.6 is 11.3 Å². The van der Waals surface area contributed by atoms with Gasteiger partial charge in [-0.15, -0.1) is 11.3 Å². The molecule has 2 rings (SSSR count). The molecule has 2 aromatic rings. The Balaban J connectivity index is 2.16. The maximum absolute atomic E-state index is 12.7. The predicted molar refractivity (Wildman–Crippen MR) is 88.6 cm³/mol. The number of nitrogens with zero attached hydrogens (tertiary/aromatic N) is 2. The number of carbonyl (C=O) groups is 1. The largest absolute Gasteiger partial charge is 0.369 e. The van der Waals surface area contributed by atoms with Crippen molar-refractivity contribution < 1.29 is 9.53 Å². The van der Waals surface area contributed by atoms with E-state index in [1.807, 2.05) is 61.5 Å². The molecule has 0 bridgehead atoms. The zero-order valence-electron chi connectivity index (χ0n) is 13.3. The van der Waals surface area contributed by atoms with Gasteiger partial charge in [0.05, 0.1) is 17.7 Å². The summed E-state index contributed by atoms with van der Waals surface area (Å²) in [6, 6.07) is 10.0. The molecular formula is C17H22N2O2S. The minimum absolute atomic E-state index is 0.0125. The quantitative estimate of drug-likeness (QED) is 0.786. The van der Waals surface area contributed by atoms with Crippen molar-refractivity contribution in [3.63, 3.8) is 0 Å². The fraction of sp³-hybridized carbons (Fsp3) is 0.412. The summed E-state index contributed by atoms with van der Waals surface area (Å²) in [5, 5.41) is 0. The van der Waals surface area contributed by atoms with Gasteiger partial charge in [0, 0.05) is 18.0 Å². The summed E-state index contributed by atoms with van der Waals surface area (Å²) in [4.78, 5) is 19.9. The molecule has 0 aliphatic heterocycles. The monoisotopic (exact) mass is 318 g/mol. The van der Waals surface area contributed by atoms with E-state index in [2.05, 4.69) is 4.98 Å². The van der Waals surface area contributed by atoms with Crippen molar-refractivity contribution in [3.8, 4) is 0 Å². The zero-order chi connectivity index (χ0) is 15.9. The van der Waals surface area contributed by atoms with Gasteiger partial charge in [-0.3, -0.25) is 4.79 Å². The van der Waals surface area contributed by atoms with E-state index in [4.69, 9.17) is 4.74 Å².